The Bertz CT molecular complexity index is 820. The fraction of sp³-hybridized carbons (Fsp3) is 0.429. The van der Waals surface area contributed by atoms with Crippen molar-refractivity contribution in [2.45, 2.75) is 36.4 Å². The molecule has 0 bridgehead atoms. The minimum Gasteiger partial charge on any atom is -0.497 e. The van der Waals surface area contributed by atoms with E-state index in [1.807, 2.05) is 36.4 Å². The number of aliphatic hydroxyl groups is 4. The lowest BCUT2D eigenvalue weighted by Gasteiger charge is -2.40. The van der Waals surface area contributed by atoms with Gasteiger partial charge in [-0.15, -0.1) is 0 Å². The molecule has 6 atom stereocenters. The summed E-state index contributed by atoms with van der Waals surface area (Å²) in [5, 5.41) is 39.9. The van der Waals surface area contributed by atoms with Gasteiger partial charge in [0.25, 0.3) is 0 Å². The number of methoxy groups -OCH3 is 1. The lowest BCUT2D eigenvalue weighted by molar-refractivity contribution is -0.231. The average molecular weight is 388 g/mol. The molecule has 2 aliphatic heterocycles. The van der Waals surface area contributed by atoms with Crippen molar-refractivity contribution in [3.05, 3.63) is 59.2 Å². The fourth-order valence-corrected chi connectivity index (χ4v) is 3.90. The third kappa shape index (κ3) is 3.25. The van der Waals surface area contributed by atoms with Gasteiger partial charge in [-0.2, -0.15) is 0 Å². The molecule has 7 nitrogen and oxygen atoms in total. The molecule has 1 saturated heterocycles. The Morgan fingerprint density at radius 2 is 1.68 bits per heavy atom. The second kappa shape index (κ2) is 7.69. The second-order valence-corrected chi connectivity index (χ2v) is 7.18. The van der Waals surface area contributed by atoms with Crippen molar-refractivity contribution in [2.75, 3.05) is 20.3 Å². The normalized spacial score (nSPS) is 31.9. The van der Waals surface area contributed by atoms with Crippen molar-refractivity contribution in [3.8, 4) is 11.5 Å². The summed E-state index contributed by atoms with van der Waals surface area (Å²) < 4.78 is 16.7. The van der Waals surface area contributed by atoms with Crippen molar-refractivity contribution >= 4 is 0 Å². The fourth-order valence-electron chi connectivity index (χ4n) is 3.90. The van der Waals surface area contributed by atoms with Gasteiger partial charge in [-0.3, -0.25) is 0 Å². The Balaban J connectivity index is 1.64. The predicted octanol–water partition coefficient (Wildman–Crippen LogP) is 0.734. The van der Waals surface area contributed by atoms with Gasteiger partial charge in [0.05, 0.1) is 20.3 Å². The molecule has 0 spiro atoms. The number of aliphatic hydroxyl groups excluding tert-OH is 4. The van der Waals surface area contributed by atoms with Crippen LogP contribution >= 0.6 is 0 Å². The van der Waals surface area contributed by atoms with Crippen LogP contribution in [0, 0.1) is 0 Å². The number of hydrogen-bond donors (Lipinski definition) is 4. The van der Waals surface area contributed by atoms with Crippen molar-refractivity contribution < 1.29 is 34.6 Å². The number of fused-ring (bicyclic) bond motifs is 1. The summed E-state index contributed by atoms with van der Waals surface area (Å²) in [5.41, 5.74) is 2.68. The Morgan fingerprint density at radius 1 is 0.964 bits per heavy atom. The van der Waals surface area contributed by atoms with E-state index < -0.39 is 37.1 Å². The molecule has 2 heterocycles. The maximum atomic E-state index is 10.4. The zero-order valence-electron chi connectivity index (χ0n) is 15.4. The molecule has 2 aliphatic rings. The van der Waals surface area contributed by atoms with E-state index in [0.29, 0.717) is 12.2 Å². The van der Waals surface area contributed by atoms with Crippen LogP contribution in [0.25, 0.3) is 0 Å². The molecule has 4 rings (SSSR count). The van der Waals surface area contributed by atoms with Gasteiger partial charge in [-0.25, -0.2) is 0 Å². The number of ether oxygens (including phenoxy) is 3. The topological polar surface area (TPSA) is 109 Å². The van der Waals surface area contributed by atoms with Crippen LogP contribution in [0.3, 0.4) is 0 Å². The van der Waals surface area contributed by atoms with E-state index in [1.165, 1.54) is 0 Å². The molecule has 28 heavy (non-hydrogen) atoms. The van der Waals surface area contributed by atoms with Gasteiger partial charge in [0.15, 0.2) is 0 Å². The lowest BCUT2D eigenvalue weighted by atomic mass is 9.87. The van der Waals surface area contributed by atoms with E-state index >= 15 is 0 Å². The molecule has 0 aliphatic carbocycles. The number of hydrogen-bond acceptors (Lipinski definition) is 7. The van der Waals surface area contributed by atoms with Crippen LogP contribution in [0.2, 0.25) is 0 Å². The van der Waals surface area contributed by atoms with Crippen LogP contribution in [0.5, 0.6) is 11.5 Å². The molecule has 0 saturated carbocycles. The van der Waals surface area contributed by atoms with Crippen LogP contribution in [0.4, 0.5) is 0 Å². The smallest absolute Gasteiger partial charge is 0.123 e. The third-order valence-electron chi connectivity index (χ3n) is 5.55. The van der Waals surface area contributed by atoms with Gasteiger partial charge in [0.2, 0.25) is 0 Å². The minimum absolute atomic E-state index is 0.0192. The zero-order chi connectivity index (χ0) is 19.8. The summed E-state index contributed by atoms with van der Waals surface area (Å²) in [4.78, 5) is 0. The minimum atomic E-state index is -1.40. The Labute approximate surface area is 162 Å². The summed E-state index contributed by atoms with van der Waals surface area (Å²) in [7, 11) is 1.62. The molecule has 4 N–H and O–H groups in total. The van der Waals surface area contributed by atoms with E-state index in [9.17, 15) is 20.4 Å². The van der Waals surface area contributed by atoms with Crippen LogP contribution in [0.15, 0.2) is 42.5 Å². The summed E-state index contributed by atoms with van der Waals surface area (Å²) >= 11 is 0. The molecule has 2 aromatic carbocycles. The highest BCUT2D eigenvalue weighted by molar-refractivity contribution is 5.49. The van der Waals surface area contributed by atoms with Crippen LogP contribution in [-0.4, -0.2) is 65.2 Å². The molecule has 1 unspecified atom stereocenters. The number of benzene rings is 2. The monoisotopic (exact) mass is 388 g/mol. The van der Waals surface area contributed by atoms with Crippen molar-refractivity contribution in [3.63, 3.8) is 0 Å². The number of rotatable bonds is 4. The van der Waals surface area contributed by atoms with Crippen molar-refractivity contribution in [1.82, 2.24) is 0 Å². The highest BCUT2D eigenvalue weighted by Gasteiger charge is 2.44. The first kappa shape index (κ1) is 19.2. The standard InChI is InChI=1S/C21H24O7/c1-26-13-5-2-11(3-6-13)15-10-27-16-7-4-12(8-14(15)16)21-20(25)19(24)18(23)17(9-22)28-21/h2-8,15,17-25H,9-10H2,1H3/t15?,17-,18-,19+,20-,21+/m1/s1. The first-order valence-corrected chi connectivity index (χ1v) is 9.24. The molecule has 2 aromatic rings. The Kier molecular flexibility index (Phi) is 5.27. The zero-order valence-corrected chi connectivity index (χ0v) is 15.4. The van der Waals surface area contributed by atoms with E-state index in [2.05, 4.69) is 0 Å². The van der Waals surface area contributed by atoms with Crippen molar-refractivity contribution in [1.29, 1.82) is 0 Å². The van der Waals surface area contributed by atoms with E-state index in [1.54, 1.807) is 13.2 Å². The van der Waals surface area contributed by atoms with Crippen molar-refractivity contribution in [2.24, 2.45) is 0 Å². The summed E-state index contributed by atoms with van der Waals surface area (Å²) in [6, 6.07) is 13.2. The molecular formula is C21H24O7. The van der Waals surface area contributed by atoms with Gasteiger partial charge in [0.1, 0.15) is 42.0 Å². The summed E-state index contributed by atoms with van der Waals surface area (Å²) in [6.07, 6.45) is -5.89. The summed E-state index contributed by atoms with van der Waals surface area (Å²) in [6.45, 7) is 0.0454. The maximum Gasteiger partial charge on any atom is 0.123 e. The van der Waals surface area contributed by atoms with Gasteiger partial charge < -0.3 is 34.6 Å². The van der Waals surface area contributed by atoms with Gasteiger partial charge >= 0.3 is 0 Å². The first-order chi connectivity index (χ1) is 13.5. The molecule has 0 amide bonds. The van der Waals surface area contributed by atoms with E-state index in [-0.39, 0.29) is 5.92 Å². The molecule has 150 valence electrons. The molecule has 0 aromatic heterocycles. The Morgan fingerprint density at radius 3 is 2.36 bits per heavy atom. The molecular weight excluding hydrogens is 364 g/mol. The van der Waals surface area contributed by atoms with Crippen LogP contribution < -0.4 is 9.47 Å². The highest BCUT2D eigenvalue weighted by atomic mass is 16.5. The first-order valence-electron chi connectivity index (χ1n) is 9.24. The van der Waals surface area contributed by atoms with Crippen LogP contribution in [0.1, 0.15) is 28.7 Å². The highest BCUT2D eigenvalue weighted by Crippen LogP contribution is 2.42. The second-order valence-electron chi connectivity index (χ2n) is 7.18. The predicted molar refractivity (Wildman–Crippen MR) is 99.5 cm³/mol. The van der Waals surface area contributed by atoms with E-state index in [4.69, 9.17) is 14.2 Å². The third-order valence-corrected chi connectivity index (χ3v) is 5.55. The van der Waals surface area contributed by atoms with E-state index in [0.717, 1.165) is 22.6 Å². The van der Waals surface area contributed by atoms with Crippen LogP contribution in [-0.2, 0) is 4.74 Å². The SMILES string of the molecule is COc1ccc(C2COc3ccc([C@@H]4O[C@H](CO)[C@@H](O)[C@H](O)[C@H]4O)cc32)cc1. The average Bonchev–Trinajstić information content (AvgIpc) is 3.15. The summed E-state index contributed by atoms with van der Waals surface area (Å²) in [5.74, 6) is 1.55. The quantitative estimate of drug-likeness (QED) is 0.612. The maximum absolute atomic E-state index is 10.4. The van der Waals surface area contributed by atoms with Gasteiger partial charge in [0, 0.05) is 11.5 Å². The van der Waals surface area contributed by atoms with Gasteiger partial charge in [-0.05, 0) is 35.4 Å². The largest absolute Gasteiger partial charge is 0.497 e. The molecule has 7 heteroatoms. The molecule has 1 fully saturated rings. The van der Waals surface area contributed by atoms with Gasteiger partial charge in [-0.1, -0.05) is 18.2 Å². The lowest BCUT2D eigenvalue weighted by Crippen LogP contribution is -2.55. The Hall–Kier alpha value is -2.16. The molecule has 0 radical (unpaired) electrons.